The van der Waals surface area contributed by atoms with Gasteiger partial charge in [0.15, 0.2) is 0 Å². The molecule has 1 aromatic carbocycles. The molecule has 25 heavy (non-hydrogen) atoms. The Morgan fingerprint density at radius 3 is 2.72 bits per heavy atom. The average Bonchev–Trinajstić information content (AvgIpc) is 3.15. The van der Waals surface area contributed by atoms with E-state index in [2.05, 4.69) is 45.8 Å². The van der Waals surface area contributed by atoms with Crippen LogP contribution in [0.5, 0.6) is 0 Å². The van der Waals surface area contributed by atoms with Crippen LogP contribution in [-0.4, -0.2) is 40.5 Å². The van der Waals surface area contributed by atoms with E-state index < -0.39 is 0 Å². The van der Waals surface area contributed by atoms with Gasteiger partial charge in [0, 0.05) is 31.7 Å². The van der Waals surface area contributed by atoms with E-state index in [1.54, 1.807) is 0 Å². The molecule has 1 fully saturated rings. The maximum Gasteiger partial charge on any atom is 0.237 e. The van der Waals surface area contributed by atoms with Gasteiger partial charge < -0.3 is 9.47 Å². The van der Waals surface area contributed by atoms with Gasteiger partial charge >= 0.3 is 0 Å². The van der Waals surface area contributed by atoms with E-state index in [4.69, 9.17) is 0 Å². The number of hydrogen-bond acceptors (Lipinski definition) is 3. The Balaban J connectivity index is 1.50. The fourth-order valence-electron chi connectivity index (χ4n) is 4.43. The predicted octanol–water partition coefficient (Wildman–Crippen LogP) is 2.80. The summed E-state index contributed by atoms with van der Waals surface area (Å²) in [5.41, 5.74) is 1.98. The molecule has 4 rings (SSSR count). The van der Waals surface area contributed by atoms with Gasteiger partial charge in [-0.1, -0.05) is 25.1 Å². The normalized spacial score (nSPS) is 19.6. The van der Waals surface area contributed by atoms with Crippen molar-refractivity contribution < 1.29 is 4.79 Å². The number of carbonyl (C=O) groups is 1. The molecule has 0 N–H and O–H groups in total. The monoisotopic (exact) mass is 338 g/mol. The van der Waals surface area contributed by atoms with Crippen molar-refractivity contribution in [1.82, 2.24) is 14.5 Å². The van der Waals surface area contributed by atoms with Gasteiger partial charge in [-0.25, -0.2) is 4.98 Å². The summed E-state index contributed by atoms with van der Waals surface area (Å²) >= 11 is 0. The summed E-state index contributed by atoms with van der Waals surface area (Å²) in [6.45, 7) is 5.95. The highest BCUT2D eigenvalue weighted by Gasteiger charge is 2.50. The first-order valence-electron chi connectivity index (χ1n) is 9.26. The molecule has 132 valence electrons. The van der Waals surface area contributed by atoms with E-state index in [1.165, 1.54) is 5.56 Å². The lowest BCUT2D eigenvalue weighted by molar-refractivity contribution is -0.124. The maximum atomic E-state index is 13.0. The molecule has 0 unspecified atom stereocenters. The van der Waals surface area contributed by atoms with Crippen LogP contribution < -0.4 is 4.90 Å². The Labute approximate surface area is 149 Å². The van der Waals surface area contributed by atoms with Crippen LogP contribution >= 0.6 is 0 Å². The molecule has 2 aliphatic heterocycles. The summed E-state index contributed by atoms with van der Waals surface area (Å²) in [4.78, 5) is 21.8. The minimum atomic E-state index is -0.319. The number of anilines is 1. The molecule has 1 spiro atoms. The van der Waals surface area contributed by atoms with Gasteiger partial charge in [-0.2, -0.15) is 0 Å². The van der Waals surface area contributed by atoms with Crippen molar-refractivity contribution >= 4 is 11.6 Å². The largest absolute Gasteiger partial charge is 0.334 e. The van der Waals surface area contributed by atoms with Gasteiger partial charge in [0.1, 0.15) is 5.82 Å². The van der Waals surface area contributed by atoms with Crippen LogP contribution in [0.25, 0.3) is 0 Å². The van der Waals surface area contributed by atoms with Crippen LogP contribution in [0, 0.1) is 0 Å². The number of likely N-dealkylation sites (N-methyl/N-ethyl adjacent to an activating group) is 1. The number of likely N-dealkylation sites (tertiary alicyclic amines) is 1. The molecular formula is C20H26N4O. The molecule has 2 aromatic rings. The standard InChI is InChI=1S/C20H26N4O/c1-3-11-24-14-10-21-18(24)15-23-12-8-20(9-13-23)16-6-4-5-7-17(16)22(2)19(20)25/h4-7,10,14H,3,8-9,11-13,15H2,1-2H3. The van der Waals surface area contributed by atoms with Crippen LogP contribution in [0.2, 0.25) is 0 Å². The molecule has 0 radical (unpaired) electrons. The molecule has 1 aromatic heterocycles. The number of nitrogens with zero attached hydrogens (tertiary/aromatic N) is 4. The Morgan fingerprint density at radius 2 is 1.96 bits per heavy atom. The molecule has 0 aliphatic carbocycles. The maximum absolute atomic E-state index is 13.0. The first-order chi connectivity index (χ1) is 12.2. The molecule has 1 amide bonds. The SMILES string of the molecule is CCCn1ccnc1CN1CCC2(CC1)C(=O)N(C)c1ccccc12. The van der Waals surface area contributed by atoms with Crippen molar-refractivity contribution in [2.24, 2.45) is 0 Å². The highest BCUT2D eigenvalue weighted by molar-refractivity contribution is 6.07. The quantitative estimate of drug-likeness (QED) is 0.861. The van der Waals surface area contributed by atoms with Crippen molar-refractivity contribution in [2.75, 3.05) is 25.0 Å². The van der Waals surface area contributed by atoms with E-state index >= 15 is 0 Å². The molecule has 0 bridgehead atoms. The summed E-state index contributed by atoms with van der Waals surface area (Å²) in [6.07, 6.45) is 6.85. The number of aromatic nitrogens is 2. The van der Waals surface area contributed by atoms with Gasteiger partial charge in [0.25, 0.3) is 0 Å². The second-order valence-corrected chi connectivity index (χ2v) is 7.28. The zero-order valence-corrected chi connectivity index (χ0v) is 15.1. The topological polar surface area (TPSA) is 41.4 Å². The van der Waals surface area contributed by atoms with Gasteiger partial charge in [-0.05, 0) is 44.0 Å². The summed E-state index contributed by atoms with van der Waals surface area (Å²) < 4.78 is 2.24. The van der Waals surface area contributed by atoms with E-state index in [-0.39, 0.29) is 11.3 Å². The third kappa shape index (κ3) is 2.58. The number of fused-ring (bicyclic) bond motifs is 2. The smallest absolute Gasteiger partial charge is 0.237 e. The molecule has 5 nitrogen and oxygen atoms in total. The predicted molar refractivity (Wildman–Crippen MR) is 98.6 cm³/mol. The third-order valence-corrected chi connectivity index (χ3v) is 5.84. The molecule has 3 heterocycles. The lowest BCUT2D eigenvalue weighted by Gasteiger charge is -2.38. The number of amides is 1. The number of aryl methyl sites for hydroxylation is 1. The molecule has 0 atom stereocenters. The van der Waals surface area contributed by atoms with Crippen LogP contribution in [0.4, 0.5) is 5.69 Å². The lowest BCUT2D eigenvalue weighted by Crippen LogP contribution is -2.48. The fraction of sp³-hybridized carbons (Fsp3) is 0.500. The summed E-state index contributed by atoms with van der Waals surface area (Å²) in [6, 6.07) is 8.28. The van der Waals surface area contributed by atoms with Crippen molar-refractivity contribution in [3.8, 4) is 0 Å². The van der Waals surface area contributed by atoms with Crippen LogP contribution in [0.3, 0.4) is 0 Å². The fourth-order valence-corrected chi connectivity index (χ4v) is 4.43. The van der Waals surface area contributed by atoms with Crippen LogP contribution in [0.1, 0.15) is 37.6 Å². The second kappa shape index (κ2) is 6.30. The zero-order chi connectivity index (χ0) is 17.4. The number of benzene rings is 1. The van der Waals surface area contributed by atoms with E-state index in [0.29, 0.717) is 0 Å². The highest BCUT2D eigenvalue weighted by atomic mass is 16.2. The molecule has 5 heteroatoms. The highest BCUT2D eigenvalue weighted by Crippen LogP contribution is 2.47. The van der Waals surface area contributed by atoms with Gasteiger partial charge in [0.05, 0.1) is 12.0 Å². The molecule has 0 saturated carbocycles. The Bertz CT molecular complexity index is 774. The average molecular weight is 338 g/mol. The number of hydrogen-bond donors (Lipinski definition) is 0. The first-order valence-corrected chi connectivity index (χ1v) is 9.26. The van der Waals surface area contributed by atoms with Crippen LogP contribution in [0.15, 0.2) is 36.7 Å². The number of piperidine rings is 1. The Hall–Kier alpha value is -2.14. The van der Waals surface area contributed by atoms with E-state index in [0.717, 1.165) is 57.0 Å². The minimum Gasteiger partial charge on any atom is -0.334 e. The van der Waals surface area contributed by atoms with Gasteiger partial charge in [0.2, 0.25) is 5.91 Å². The summed E-state index contributed by atoms with van der Waals surface area (Å²) in [5, 5.41) is 0. The number of imidazole rings is 1. The van der Waals surface area contributed by atoms with Crippen LogP contribution in [-0.2, 0) is 23.3 Å². The summed E-state index contributed by atoms with van der Waals surface area (Å²) in [7, 11) is 1.91. The molecular weight excluding hydrogens is 312 g/mol. The molecule has 2 aliphatic rings. The molecule has 1 saturated heterocycles. The Kier molecular flexibility index (Phi) is 4.12. The van der Waals surface area contributed by atoms with Crippen molar-refractivity contribution in [1.29, 1.82) is 0 Å². The number of para-hydroxylation sites is 1. The van der Waals surface area contributed by atoms with E-state index in [1.807, 2.05) is 24.2 Å². The number of carbonyl (C=O) groups excluding carboxylic acids is 1. The van der Waals surface area contributed by atoms with Gasteiger partial charge in [-0.3, -0.25) is 9.69 Å². The first kappa shape index (κ1) is 16.3. The third-order valence-electron chi connectivity index (χ3n) is 5.84. The van der Waals surface area contributed by atoms with Gasteiger partial charge in [-0.15, -0.1) is 0 Å². The van der Waals surface area contributed by atoms with Crippen molar-refractivity contribution in [3.63, 3.8) is 0 Å². The Morgan fingerprint density at radius 1 is 1.20 bits per heavy atom. The number of rotatable bonds is 4. The second-order valence-electron chi connectivity index (χ2n) is 7.28. The van der Waals surface area contributed by atoms with E-state index in [9.17, 15) is 4.79 Å². The zero-order valence-electron chi connectivity index (χ0n) is 15.1. The minimum absolute atomic E-state index is 0.265. The lowest BCUT2D eigenvalue weighted by atomic mass is 9.73. The van der Waals surface area contributed by atoms with Crippen molar-refractivity contribution in [3.05, 3.63) is 48.0 Å². The van der Waals surface area contributed by atoms with Crippen molar-refractivity contribution in [2.45, 2.75) is 44.7 Å². The summed E-state index contributed by atoms with van der Waals surface area (Å²) in [5.74, 6) is 1.40.